The van der Waals surface area contributed by atoms with E-state index in [-0.39, 0.29) is 11.4 Å². The lowest BCUT2D eigenvalue weighted by Crippen LogP contribution is -2.12. The highest BCUT2D eigenvalue weighted by Gasteiger charge is 2.01. The van der Waals surface area contributed by atoms with Gasteiger partial charge in [0.05, 0.1) is 0 Å². The minimum Gasteiger partial charge on any atom is -0.374 e. The molecule has 0 spiro atoms. The second kappa shape index (κ2) is 6.63. The Kier molecular flexibility index (Phi) is 5.57. The second-order valence-corrected chi connectivity index (χ2v) is 1.99. The molecule has 0 radical (unpaired) electrons. The fourth-order valence-corrected chi connectivity index (χ4v) is 0.630. The average molecular weight is 174 g/mol. The summed E-state index contributed by atoms with van der Waals surface area (Å²) in [6.07, 6.45) is 2.81. The highest BCUT2D eigenvalue weighted by Crippen LogP contribution is 2.00. The van der Waals surface area contributed by atoms with E-state index < -0.39 is 0 Å². The maximum Gasteiger partial charge on any atom is 0.174 e. The Morgan fingerprint density at radius 1 is 1.54 bits per heavy atom. The Bertz CT molecular complexity index is 311. The molecule has 0 saturated heterocycles. The number of nitrogens with zero attached hydrogens (tertiary/aromatic N) is 3. The molecule has 13 heavy (non-hydrogen) atoms. The molecule has 66 valence electrons. The van der Waals surface area contributed by atoms with E-state index in [9.17, 15) is 0 Å². The standard InChI is InChI=1S/C9H10N4/c1-3-5-13-9(7-11)8(6-10)12-4-2/h3,5,12H,1,4H2,2H3/b9-8-,13-5?. The zero-order chi connectivity index (χ0) is 10.1. The van der Waals surface area contributed by atoms with Crippen molar-refractivity contribution in [1.29, 1.82) is 10.5 Å². The molecule has 4 heteroatoms. The number of hydrogen-bond donors (Lipinski definition) is 1. The topological polar surface area (TPSA) is 72.0 Å². The smallest absolute Gasteiger partial charge is 0.174 e. The quantitative estimate of drug-likeness (QED) is 0.512. The van der Waals surface area contributed by atoms with Gasteiger partial charge in [-0.1, -0.05) is 12.7 Å². The van der Waals surface area contributed by atoms with Crippen molar-refractivity contribution in [2.45, 2.75) is 6.92 Å². The zero-order valence-corrected chi connectivity index (χ0v) is 7.41. The first-order valence-corrected chi connectivity index (χ1v) is 3.73. The van der Waals surface area contributed by atoms with E-state index in [4.69, 9.17) is 10.5 Å². The van der Waals surface area contributed by atoms with Gasteiger partial charge in [0, 0.05) is 12.8 Å². The van der Waals surface area contributed by atoms with Gasteiger partial charge >= 0.3 is 0 Å². The highest BCUT2D eigenvalue weighted by atomic mass is 14.9. The number of hydrogen-bond acceptors (Lipinski definition) is 4. The Labute approximate surface area is 77.5 Å². The van der Waals surface area contributed by atoms with Crippen molar-refractivity contribution in [3.05, 3.63) is 24.0 Å². The molecule has 0 aromatic rings. The van der Waals surface area contributed by atoms with Crippen LogP contribution in [0.2, 0.25) is 0 Å². The summed E-state index contributed by atoms with van der Waals surface area (Å²) in [7, 11) is 0. The van der Waals surface area contributed by atoms with Crippen molar-refractivity contribution < 1.29 is 0 Å². The second-order valence-electron chi connectivity index (χ2n) is 1.99. The lowest BCUT2D eigenvalue weighted by atomic mass is 10.3. The normalized spacial score (nSPS) is 11.3. The molecule has 0 bridgehead atoms. The van der Waals surface area contributed by atoms with Crippen LogP contribution in [0, 0.1) is 22.7 Å². The van der Waals surface area contributed by atoms with Crippen LogP contribution in [0.15, 0.2) is 29.0 Å². The van der Waals surface area contributed by atoms with Gasteiger partial charge in [-0.05, 0) is 6.92 Å². The number of nitriles is 2. The van der Waals surface area contributed by atoms with Gasteiger partial charge < -0.3 is 5.32 Å². The third-order valence-electron chi connectivity index (χ3n) is 1.12. The molecule has 4 nitrogen and oxygen atoms in total. The number of allylic oxidation sites excluding steroid dienone is 3. The fourth-order valence-electron chi connectivity index (χ4n) is 0.630. The van der Waals surface area contributed by atoms with Crippen molar-refractivity contribution in [2.75, 3.05) is 6.54 Å². The molecule has 0 unspecified atom stereocenters. The summed E-state index contributed by atoms with van der Waals surface area (Å²) in [5.74, 6) is 0. The molecule has 0 aliphatic rings. The van der Waals surface area contributed by atoms with E-state index in [1.807, 2.05) is 19.1 Å². The van der Waals surface area contributed by atoms with Crippen LogP contribution in [-0.4, -0.2) is 12.8 Å². The van der Waals surface area contributed by atoms with Gasteiger partial charge in [-0.15, -0.1) is 0 Å². The average Bonchev–Trinajstić information content (AvgIpc) is 2.17. The molecule has 0 fully saturated rings. The van der Waals surface area contributed by atoms with Gasteiger partial charge in [-0.25, -0.2) is 4.99 Å². The highest BCUT2D eigenvalue weighted by molar-refractivity contribution is 5.72. The summed E-state index contributed by atoms with van der Waals surface area (Å²) in [6.45, 7) is 5.83. The Hall–Kier alpha value is -2.07. The van der Waals surface area contributed by atoms with Crippen LogP contribution in [0.1, 0.15) is 6.92 Å². The van der Waals surface area contributed by atoms with E-state index in [1.54, 1.807) is 0 Å². The van der Waals surface area contributed by atoms with Gasteiger partial charge in [0.25, 0.3) is 0 Å². The van der Waals surface area contributed by atoms with E-state index in [2.05, 4.69) is 16.9 Å². The maximum atomic E-state index is 8.64. The molecule has 0 amide bonds. The number of nitrogens with one attached hydrogen (secondary N) is 1. The summed E-state index contributed by atoms with van der Waals surface area (Å²) in [5.41, 5.74) is 0.257. The van der Waals surface area contributed by atoms with Crippen LogP contribution in [0.3, 0.4) is 0 Å². The van der Waals surface area contributed by atoms with Crippen molar-refractivity contribution >= 4 is 6.21 Å². The molecular weight excluding hydrogens is 164 g/mol. The van der Waals surface area contributed by atoms with Crippen LogP contribution in [0.25, 0.3) is 0 Å². The van der Waals surface area contributed by atoms with Crippen LogP contribution >= 0.6 is 0 Å². The van der Waals surface area contributed by atoms with E-state index in [0.29, 0.717) is 6.54 Å². The van der Waals surface area contributed by atoms with Crippen molar-refractivity contribution in [3.63, 3.8) is 0 Å². The summed E-state index contributed by atoms with van der Waals surface area (Å²) in [6, 6.07) is 3.68. The van der Waals surface area contributed by atoms with Crippen LogP contribution in [0.4, 0.5) is 0 Å². The SMILES string of the molecule is C=CC=N/C(C#N)=C(/C#N)NCC. The Morgan fingerprint density at radius 2 is 2.23 bits per heavy atom. The molecule has 0 rings (SSSR count). The minimum absolute atomic E-state index is 0.0734. The summed E-state index contributed by atoms with van der Waals surface area (Å²) < 4.78 is 0. The fraction of sp³-hybridized carbons (Fsp3) is 0.222. The molecule has 0 atom stereocenters. The molecular formula is C9H10N4. The molecule has 0 aromatic carbocycles. The maximum absolute atomic E-state index is 8.64. The lowest BCUT2D eigenvalue weighted by Gasteiger charge is -1.98. The third kappa shape index (κ3) is 3.74. The van der Waals surface area contributed by atoms with Gasteiger partial charge in [0.1, 0.15) is 12.1 Å². The van der Waals surface area contributed by atoms with Gasteiger partial charge in [0.2, 0.25) is 0 Å². The van der Waals surface area contributed by atoms with Crippen molar-refractivity contribution in [3.8, 4) is 12.1 Å². The minimum atomic E-state index is 0.0734. The molecule has 0 aliphatic carbocycles. The lowest BCUT2D eigenvalue weighted by molar-refractivity contribution is 0.871. The van der Waals surface area contributed by atoms with E-state index in [1.165, 1.54) is 12.3 Å². The summed E-state index contributed by atoms with van der Waals surface area (Å²) in [4.78, 5) is 3.74. The van der Waals surface area contributed by atoms with Crippen LogP contribution in [-0.2, 0) is 0 Å². The molecule has 0 aromatic heterocycles. The first kappa shape index (κ1) is 10.9. The van der Waals surface area contributed by atoms with Crippen molar-refractivity contribution in [2.24, 2.45) is 4.99 Å². The van der Waals surface area contributed by atoms with E-state index >= 15 is 0 Å². The Morgan fingerprint density at radius 3 is 2.62 bits per heavy atom. The predicted octanol–water partition coefficient (Wildman–Crippen LogP) is 1.11. The number of rotatable bonds is 4. The predicted molar refractivity (Wildman–Crippen MR) is 50.6 cm³/mol. The molecule has 0 aliphatic heterocycles. The van der Waals surface area contributed by atoms with Crippen molar-refractivity contribution in [1.82, 2.24) is 5.32 Å². The van der Waals surface area contributed by atoms with Gasteiger partial charge in [0.15, 0.2) is 11.4 Å². The summed E-state index contributed by atoms with van der Waals surface area (Å²) in [5, 5.41) is 20.0. The first-order chi connectivity index (χ1) is 6.29. The largest absolute Gasteiger partial charge is 0.374 e. The molecule has 1 N–H and O–H groups in total. The molecule has 0 heterocycles. The zero-order valence-electron chi connectivity index (χ0n) is 7.41. The van der Waals surface area contributed by atoms with Gasteiger partial charge in [-0.3, -0.25) is 0 Å². The van der Waals surface area contributed by atoms with Crippen LogP contribution in [0.5, 0.6) is 0 Å². The molecule has 0 saturated carbocycles. The first-order valence-electron chi connectivity index (χ1n) is 3.73. The third-order valence-corrected chi connectivity index (χ3v) is 1.12. The summed E-state index contributed by atoms with van der Waals surface area (Å²) >= 11 is 0. The van der Waals surface area contributed by atoms with Crippen LogP contribution < -0.4 is 5.32 Å². The van der Waals surface area contributed by atoms with Gasteiger partial charge in [-0.2, -0.15) is 10.5 Å². The number of aliphatic imine (C=N–C) groups is 1. The Balaban J connectivity index is 4.87. The monoisotopic (exact) mass is 174 g/mol. The van der Waals surface area contributed by atoms with E-state index in [0.717, 1.165) is 0 Å².